The summed E-state index contributed by atoms with van der Waals surface area (Å²) in [7, 11) is 0. The summed E-state index contributed by atoms with van der Waals surface area (Å²) >= 11 is 5.92. The fraction of sp³-hybridized carbons (Fsp3) is 0.143. The standard InChI is InChI=1S/C14H14ClN3O/c1-9-4-10(7-18-6-9)8-19-13-5-11(15)2-3-12(13)14(16)17/h2-7H,8H2,1H3,(H3,16,17). The number of pyridine rings is 1. The number of amidine groups is 1. The molecule has 0 unspecified atom stereocenters. The second kappa shape index (κ2) is 5.71. The Morgan fingerprint density at radius 1 is 1.37 bits per heavy atom. The third kappa shape index (κ3) is 3.45. The van der Waals surface area contributed by atoms with Crippen LogP contribution in [0.25, 0.3) is 0 Å². The second-order valence-corrected chi connectivity index (χ2v) is 4.65. The first-order valence-corrected chi connectivity index (χ1v) is 6.11. The van der Waals surface area contributed by atoms with Gasteiger partial charge in [0.1, 0.15) is 18.2 Å². The van der Waals surface area contributed by atoms with Crippen molar-refractivity contribution in [3.63, 3.8) is 0 Å². The van der Waals surface area contributed by atoms with Crippen LogP contribution >= 0.6 is 11.6 Å². The zero-order chi connectivity index (χ0) is 13.8. The average Bonchev–Trinajstić information content (AvgIpc) is 2.36. The third-order valence-electron chi connectivity index (χ3n) is 2.56. The molecule has 0 radical (unpaired) electrons. The summed E-state index contributed by atoms with van der Waals surface area (Å²) in [5, 5.41) is 8.05. The fourth-order valence-corrected chi connectivity index (χ4v) is 1.86. The van der Waals surface area contributed by atoms with Crippen LogP contribution in [-0.4, -0.2) is 10.8 Å². The first-order valence-electron chi connectivity index (χ1n) is 5.73. The van der Waals surface area contributed by atoms with Gasteiger partial charge in [-0.1, -0.05) is 11.6 Å². The Bertz CT molecular complexity index is 613. The van der Waals surface area contributed by atoms with Crippen LogP contribution in [-0.2, 0) is 6.61 Å². The van der Waals surface area contributed by atoms with Crippen LogP contribution in [0, 0.1) is 12.3 Å². The molecule has 0 fully saturated rings. The normalized spacial score (nSPS) is 10.2. The SMILES string of the molecule is Cc1cncc(COc2cc(Cl)ccc2C(=N)N)c1. The predicted molar refractivity (Wildman–Crippen MR) is 75.8 cm³/mol. The number of benzene rings is 1. The summed E-state index contributed by atoms with van der Waals surface area (Å²) in [6.45, 7) is 2.33. The number of hydrogen-bond acceptors (Lipinski definition) is 3. The van der Waals surface area contributed by atoms with Gasteiger partial charge in [0.15, 0.2) is 0 Å². The number of halogens is 1. The molecule has 0 bridgehead atoms. The number of nitrogens with one attached hydrogen (secondary N) is 1. The highest BCUT2D eigenvalue weighted by molar-refractivity contribution is 6.30. The molecule has 3 N–H and O–H groups in total. The van der Waals surface area contributed by atoms with E-state index in [1.54, 1.807) is 30.6 Å². The van der Waals surface area contributed by atoms with E-state index in [-0.39, 0.29) is 5.84 Å². The molecule has 19 heavy (non-hydrogen) atoms. The van der Waals surface area contributed by atoms with Crippen molar-refractivity contribution < 1.29 is 4.74 Å². The summed E-state index contributed by atoms with van der Waals surface area (Å²) < 4.78 is 5.68. The first kappa shape index (κ1) is 13.4. The molecule has 0 spiro atoms. The Balaban J connectivity index is 2.19. The van der Waals surface area contributed by atoms with Crippen LogP contribution in [0.4, 0.5) is 0 Å². The van der Waals surface area contributed by atoms with Crippen molar-refractivity contribution in [1.82, 2.24) is 4.98 Å². The number of nitrogens with two attached hydrogens (primary N) is 1. The summed E-state index contributed by atoms with van der Waals surface area (Å²) in [4.78, 5) is 4.10. The lowest BCUT2D eigenvalue weighted by Crippen LogP contribution is -2.13. The lowest BCUT2D eigenvalue weighted by Gasteiger charge is -2.11. The van der Waals surface area contributed by atoms with E-state index in [1.807, 2.05) is 13.0 Å². The molecule has 98 valence electrons. The zero-order valence-electron chi connectivity index (χ0n) is 10.5. The molecule has 2 aromatic rings. The Labute approximate surface area is 116 Å². The molecule has 0 amide bonds. The van der Waals surface area contributed by atoms with Gasteiger partial charge in [0.25, 0.3) is 0 Å². The van der Waals surface area contributed by atoms with Crippen LogP contribution in [0.3, 0.4) is 0 Å². The molecule has 5 heteroatoms. The van der Waals surface area contributed by atoms with E-state index >= 15 is 0 Å². The van der Waals surface area contributed by atoms with Crippen molar-refractivity contribution in [2.45, 2.75) is 13.5 Å². The van der Waals surface area contributed by atoms with Crippen LogP contribution in [0.2, 0.25) is 5.02 Å². The minimum absolute atomic E-state index is 0.0472. The molecule has 0 saturated carbocycles. The fourth-order valence-electron chi connectivity index (χ4n) is 1.70. The first-order chi connectivity index (χ1) is 9.06. The molecule has 2 rings (SSSR count). The van der Waals surface area contributed by atoms with Gasteiger partial charge < -0.3 is 10.5 Å². The van der Waals surface area contributed by atoms with E-state index in [0.29, 0.717) is 22.9 Å². The van der Waals surface area contributed by atoms with Gasteiger partial charge >= 0.3 is 0 Å². The Kier molecular flexibility index (Phi) is 4.02. The van der Waals surface area contributed by atoms with Gasteiger partial charge in [-0.3, -0.25) is 10.4 Å². The number of hydrogen-bond donors (Lipinski definition) is 2. The molecule has 1 aromatic carbocycles. The highest BCUT2D eigenvalue weighted by Crippen LogP contribution is 2.24. The van der Waals surface area contributed by atoms with Crippen LogP contribution in [0.5, 0.6) is 5.75 Å². The van der Waals surface area contributed by atoms with Crippen molar-refractivity contribution in [3.8, 4) is 5.75 Å². The molecule has 4 nitrogen and oxygen atoms in total. The molecule has 0 saturated heterocycles. The lowest BCUT2D eigenvalue weighted by atomic mass is 10.2. The number of nitrogens with zero attached hydrogens (tertiary/aromatic N) is 1. The molecular formula is C14H14ClN3O. The smallest absolute Gasteiger partial charge is 0.132 e. The third-order valence-corrected chi connectivity index (χ3v) is 2.79. The maximum absolute atomic E-state index is 7.51. The number of rotatable bonds is 4. The number of ether oxygens (including phenoxy) is 1. The quantitative estimate of drug-likeness (QED) is 0.666. The monoisotopic (exact) mass is 275 g/mol. The number of aryl methyl sites for hydroxylation is 1. The van der Waals surface area contributed by atoms with Crippen LogP contribution in [0.15, 0.2) is 36.7 Å². The zero-order valence-corrected chi connectivity index (χ0v) is 11.2. The van der Waals surface area contributed by atoms with Crippen molar-refractivity contribution in [2.75, 3.05) is 0 Å². The van der Waals surface area contributed by atoms with Crippen molar-refractivity contribution in [3.05, 3.63) is 58.4 Å². The maximum atomic E-state index is 7.51. The van der Waals surface area contributed by atoms with Gasteiger partial charge in [0, 0.05) is 23.0 Å². The molecule has 0 aliphatic rings. The van der Waals surface area contributed by atoms with Crippen molar-refractivity contribution in [1.29, 1.82) is 5.41 Å². The highest BCUT2D eigenvalue weighted by Gasteiger charge is 2.08. The van der Waals surface area contributed by atoms with Crippen LogP contribution < -0.4 is 10.5 Å². The minimum Gasteiger partial charge on any atom is -0.488 e. The van der Waals surface area contributed by atoms with Crippen molar-refractivity contribution >= 4 is 17.4 Å². The average molecular weight is 276 g/mol. The highest BCUT2D eigenvalue weighted by atomic mass is 35.5. The molecule has 0 aliphatic carbocycles. The summed E-state index contributed by atoms with van der Waals surface area (Å²) in [6, 6.07) is 7.00. The number of nitrogen functional groups attached to an aromatic ring is 1. The second-order valence-electron chi connectivity index (χ2n) is 4.21. The Hall–Kier alpha value is -2.07. The minimum atomic E-state index is -0.0472. The summed E-state index contributed by atoms with van der Waals surface area (Å²) in [5.74, 6) is 0.454. The Morgan fingerprint density at radius 2 is 2.16 bits per heavy atom. The van der Waals surface area contributed by atoms with E-state index in [2.05, 4.69) is 4.98 Å². The van der Waals surface area contributed by atoms with Crippen LogP contribution in [0.1, 0.15) is 16.7 Å². The van der Waals surface area contributed by atoms with Gasteiger partial charge in [-0.2, -0.15) is 0 Å². The molecule has 0 aliphatic heterocycles. The van der Waals surface area contributed by atoms with E-state index in [1.165, 1.54) is 0 Å². The van der Waals surface area contributed by atoms with E-state index in [9.17, 15) is 0 Å². The molecule has 1 heterocycles. The summed E-state index contributed by atoms with van der Waals surface area (Å²) in [6.07, 6.45) is 3.52. The van der Waals surface area contributed by atoms with Gasteiger partial charge in [-0.05, 0) is 36.8 Å². The predicted octanol–water partition coefficient (Wildman–Crippen LogP) is 2.91. The van der Waals surface area contributed by atoms with Crippen molar-refractivity contribution in [2.24, 2.45) is 5.73 Å². The molecule has 0 atom stereocenters. The van der Waals surface area contributed by atoms with Gasteiger partial charge in [-0.25, -0.2) is 0 Å². The van der Waals surface area contributed by atoms with E-state index < -0.39 is 0 Å². The van der Waals surface area contributed by atoms with Gasteiger partial charge in [0.2, 0.25) is 0 Å². The maximum Gasteiger partial charge on any atom is 0.132 e. The van der Waals surface area contributed by atoms with Gasteiger partial charge in [0.05, 0.1) is 5.56 Å². The summed E-state index contributed by atoms with van der Waals surface area (Å²) in [5.41, 5.74) is 8.06. The molecular weight excluding hydrogens is 262 g/mol. The van der Waals surface area contributed by atoms with E-state index in [0.717, 1.165) is 11.1 Å². The number of aromatic nitrogens is 1. The lowest BCUT2D eigenvalue weighted by molar-refractivity contribution is 0.305. The van der Waals surface area contributed by atoms with Gasteiger partial charge in [-0.15, -0.1) is 0 Å². The molecule has 1 aromatic heterocycles. The Morgan fingerprint density at radius 3 is 2.84 bits per heavy atom. The largest absolute Gasteiger partial charge is 0.488 e. The van der Waals surface area contributed by atoms with E-state index in [4.69, 9.17) is 27.5 Å². The topological polar surface area (TPSA) is 72.0 Å².